The van der Waals surface area contributed by atoms with Crippen molar-refractivity contribution < 1.29 is 4.39 Å². The summed E-state index contributed by atoms with van der Waals surface area (Å²) in [6.07, 6.45) is 0.835. The summed E-state index contributed by atoms with van der Waals surface area (Å²) >= 11 is 5.93. The first kappa shape index (κ1) is 15.0. The molecule has 2 rings (SSSR count). The van der Waals surface area contributed by atoms with Crippen LogP contribution in [0.1, 0.15) is 29.7 Å². The quantitative estimate of drug-likeness (QED) is 0.843. The van der Waals surface area contributed by atoms with E-state index in [2.05, 4.69) is 12.2 Å². The van der Waals surface area contributed by atoms with Crippen molar-refractivity contribution in [2.75, 3.05) is 6.54 Å². The summed E-state index contributed by atoms with van der Waals surface area (Å²) < 4.78 is 13.2. The fourth-order valence-corrected chi connectivity index (χ4v) is 2.48. The summed E-state index contributed by atoms with van der Waals surface area (Å²) in [7, 11) is 0. The van der Waals surface area contributed by atoms with E-state index in [0.717, 1.165) is 29.1 Å². The Morgan fingerprint density at radius 3 is 2.45 bits per heavy atom. The number of benzene rings is 2. The zero-order valence-corrected chi connectivity index (χ0v) is 12.5. The molecule has 20 heavy (non-hydrogen) atoms. The Hall–Kier alpha value is -1.38. The number of halogens is 2. The van der Waals surface area contributed by atoms with Gasteiger partial charge in [-0.25, -0.2) is 4.39 Å². The van der Waals surface area contributed by atoms with Gasteiger partial charge in [0.25, 0.3) is 0 Å². The zero-order valence-electron chi connectivity index (χ0n) is 11.8. The van der Waals surface area contributed by atoms with Crippen LogP contribution >= 0.6 is 11.6 Å². The molecule has 106 valence electrons. The molecule has 2 aromatic rings. The molecule has 0 aliphatic rings. The van der Waals surface area contributed by atoms with Crippen LogP contribution in [0.4, 0.5) is 4.39 Å². The van der Waals surface area contributed by atoms with Crippen LogP contribution in [0.15, 0.2) is 42.5 Å². The Labute approximate surface area is 124 Å². The third-order valence-electron chi connectivity index (χ3n) is 3.45. The minimum Gasteiger partial charge on any atom is -0.310 e. The third-order valence-corrected chi connectivity index (χ3v) is 3.70. The van der Waals surface area contributed by atoms with Gasteiger partial charge in [0.15, 0.2) is 0 Å². The van der Waals surface area contributed by atoms with Crippen molar-refractivity contribution >= 4 is 11.6 Å². The molecule has 0 radical (unpaired) electrons. The summed E-state index contributed by atoms with van der Waals surface area (Å²) in [5.41, 5.74) is 3.34. The largest absolute Gasteiger partial charge is 0.310 e. The molecule has 0 heterocycles. The fraction of sp³-hybridized carbons (Fsp3) is 0.294. The lowest BCUT2D eigenvalue weighted by Gasteiger charge is -2.19. The van der Waals surface area contributed by atoms with Gasteiger partial charge in [-0.1, -0.05) is 36.7 Å². The van der Waals surface area contributed by atoms with E-state index in [-0.39, 0.29) is 11.9 Å². The molecule has 0 spiro atoms. The van der Waals surface area contributed by atoms with Crippen molar-refractivity contribution in [3.05, 3.63) is 70.0 Å². The zero-order chi connectivity index (χ0) is 14.5. The minimum atomic E-state index is -0.183. The molecule has 2 aromatic carbocycles. The Morgan fingerprint density at radius 2 is 1.85 bits per heavy atom. The van der Waals surface area contributed by atoms with Gasteiger partial charge in [0.1, 0.15) is 5.82 Å². The van der Waals surface area contributed by atoms with Crippen molar-refractivity contribution in [1.29, 1.82) is 0 Å². The van der Waals surface area contributed by atoms with Crippen molar-refractivity contribution in [2.45, 2.75) is 26.3 Å². The van der Waals surface area contributed by atoms with Crippen molar-refractivity contribution in [1.82, 2.24) is 5.32 Å². The fourth-order valence-electron chi connectivity index (χ4n) is 2.36. The monoisotopic (exact) mass is 291 g/mol. The van der Waals surface area contributed by atoms with Crippen molar-refractivity contribution in [3.8, 4) is 0 Å². The highest BCUT2D eigenvalue weighted by Gasteiger charge is 2.12. The van der Waals surface area contributed by atoms with Crippen LogP contribution in [0, 0.1) is 12.7 Å². The Morgan fingerprint density at radius 1 is 1.15 bits per heavy atom. The molecule has 0 amide bonds. The van der Waals surface area contributed by atoms with Crippen LogP contribution in [0.5, 0.6) is 0 Å². The van der Waals surface area contributed by atoms with Gasteiger partial charge in [0.2, 0.25) is 0 Å². The average Bonchev–Trinajstić information content (AvgIpc) is 2.42. The first-order valence-corrected chi connectivity index (χ1v) is 7.22. The number of likely N-dealkylation sites (N-methyl/N-ethyl adjacent to an activating group) is 1. The second-order valence-corrected chi connectivity index (χ2v) is 5.37. The van der Waals surface area contributed by atoms with Gasteiger partial charge in [-0.15, -0.1) is 0 Å². The predicted octanol–water partition coefficient (Wildman–Crippen LogP) is 4.68. The maximum Gasteiger partial charge on any atom is 0.123 e. The lowest BCUT2D eigenvalue weighted by Crippen LogP contribution is -2.23. The highest BCUT2D eigenvalue weighted by molar-refractivity contribution is 6.30. The van der Waals surface area contributed by atoms with Crippen LogP contribution in [-0.4, -0.2) is 6.54 Å². The van der Waals surface area contributed by atoms with Gasteiger partial charge in [0, 0.05) is 11.1 Å². The van der Waals surface area contributed by atoms with Crippen molar-refractivity contribution in [2.24, 2.45) is 0 Å². The first-order valence-electron chi connectivity index (χ1n) is 6.84. The standard InChI is InChI=1S/C17H19ClFN/c1-3-20-17(13-4-7-15(18)8-5-13)11-14-6-9-16(19)10-12(14)2/h4-10,17,20H,3,11H2,1-2H3. The molecule has 0 fully saturated rings. The summed E-state index contributed by atoms with van der Waals surface area (Å²) in [4.78, 5) is 0. The molecule has 1 unspecified atom stereocenters. The van der Waals surface area contributed by atoms with Crippen molar-refractivity contribution in [3.63, 3.8) is 0 Å². The van der Waals surface area contributed by atoms with Gasteiger partial charge >= 0.3 is 0 Å². The van der Waals surface area contributed by atoms with E-state index in [1.807, 2.05) is 37.3 Å². The smallest absolute Gasteiger partial charge is 0.123 e. The molecule has 1 atom stereocenters. The van der Waals surface area contributed by atoms with Gasteiger partial charge in [-0.2, -0.15) is 0 Å². The molecule has 0 aliphatic carbocycles. The summed E-state index contributed by atoms with van der Waals surface area (Å²) in [6.45, 7) is 4.91. The maximum absolute atomic E-state index is 13.2. The van der Waals surface area contributed by atoms with Gasteiger partial charge in [-0.05, 0) is 60.8 Å². The van der Waals surface area contributed by atoms with Crippen LogP contribution in [-0.2, 0) is 6.42 Å². The van der Waals surface area contributed by atoms with Gasteiger partial charge in [0.05, 0.1) is 0 Å². The molecule has 1 nitrogen and oxygen atoms in total. The highest BCUT2D eigenvalue weighted by Crippen LogP contribution is 2.22. The molecule has 3 heteroatoms. The molecule has 0 saturated heterocycles. The van der Waals surface area contributed by atoms with Gasteiger partial charge in [-0.3, -0.25) is 0 Å². The summed E-state index contributed by atoms with van der Waals surface area (Å²) in [6, 6.07) is 13.1. The van der Waals surface area contributed by atoms with Crippen LogP contribution < -0.4 is 5.32 Å². The lowest BCUT2D eigenvalue weighted by atomic mass is 9.96. The number of rotatable bonds is 5. The molecular formula is C17H19ClFN. The number of hydrogen-bond donors (Lipinski definition) is 1. The van der Waals surface area contributed by atoms with E-state index in [4.69, 9.17) is 11.6 Å². The maximum atomic E-state index is 13.2. The highest BCUT2D eigenvalue weighted by atomic mass is 35.5. The number of aryl methyl sites for hydroxylation is 1. The minimum absolute atomic E-state index is 0.183. The second-order valence-electron chi connectivity index (χ2n) is 4.94. The normalized spacial score (nSPS) is 12.4. The molecule has 0 aromatic heterocycles. The molecule has 0 saturated carbocycles. The van der Waals surface area contributed by atoms with E-state index in [1.165, 1.54) is 11.6 Å². The van der Waals surface area contributed by atoms with Crippen LogP contribution in [0.3, 0.4) is 0 Å². The SMILES string of the molecule is CCNC(Cc1ccc(F)cc1C)c1ccc(Cl)cc1. The first-order chi connectivity index (χ1) is 9.60. The summed E-state index contributed by atoms with van der Waals surface area (Å²) in [5, 5.41) is 4.21. The Balaban J connectivity index is 2.22. The predicted molar refractivity (Wildman–Crippen MR) is 82.7 cm³/mol. The van der Waals surface area contributed by atoms with E-state index in [9.17, 15) is 4.39 Å². The number of nitrogens with one attached hydrogen (secondary N) is 1. The second kappa shape index (κ2) is 6.87. The Kier molecular flexibility index (Phi) is 5.16. The number of hydrogen-bond acceptors (Lipinski definition) is 1. The van der Waals surface area contributed by atoms with Crippen LogP contribution in [0.2, 0.25) is 5.02 Å². The summed E-state index contributed by atoms with van der Waals surface area (Å²) in [5.74, 6) is -0.183. The molecular weight excluding hydrogens is 273 g/mol. The third kappa shape index (κ3) is 3.81. The van der Waals surface area contributed by atoms with E-state index in [1.54, 1.807) is 6.07 Å². The van der Waals surface area contributed by atoms with E-state index < -0.39 is 0 Å². The molecule has 1 N–H and O–H groups in total. The lowest BCUT2D eigenvalue weighted by molar-refractivity contribution is 0.547. The molecule has 0 aliphatic heterocycles. The van der Waals surface area contributed by atoms with E-state index >= 15 is 0 Å². The van der Waals surface area contributed by atoms with E-state index in [0.29, 0.717) is 0 Å². The average molecular weight is 292 g/mol. The van der Waals surface area contributed by atoms with Crippen LogP contribution in [0.25, 0.3) is 0 Å². The molecule has 0 bridgehead atoms. The van der Waals surface area contributed by atoms with Gasteiger partial charge < -0.3 is 5.32 Å². The topological polar surface area (TPSA) is 12.0 Å². The Bertz CT molecular complexity index is 566.